The zero-order valence-corrected chi connectivity index (χ0v) is 20.6. The number of nitrogens with zero attached hydrogens (tertiary/aromatic N) is 1. The minimum Gasteiger partial charge on any atom is -0.426 e. The summed E-state index contributed by atoms with van der Waals surface area (Å²) in [5, 5.41) is 11.8. The Morgan fingerprint density at radius 1 is 1.06 bits per heavy atom. The molecule has 0 aliphatic heterocycles. The molecule has 0 spiro atoms. The normalized spacial score (nSPS) is 10.3. The van der Waals surface area contributed by atoms with Gasteiger partial charge in [0.15, 0.2) is 0 Å². The van der Waals surface area contributed by atoms with Gasteiger partial charge in [-0.3, -0.25) is 9.59 Å². The van der Waals surface area contributed by atoms with Crippen LogP contribution in [0.4, 0.5) is 5.69 Å². The summed E-state index contributed by atoms with van der Waals surface area (Å²) in [6.45, 7) is 0.972. The van der Waals surface area contributed by atoms with Gasteiger partial charge in [0.2, 0.25) is 5.91 Å². The van der Waals surface area contributed by atoms with Crippen LogP contribution in [0.2, 0.25) is 0 Å². The molecule has 0 aliphatic carbocycles. The second kappa shape index (κ2) is 12.1. The summed E-state index contributed by atoms with van der Waals surface area (Å²) in [4.78, 5) is 51.8. The van der Waals surface area contributed by atoms with E-state index in [2.05, 4.69) is 10.2 Å². The number of benzene rings is 2. The topological polar surface area (TPSA) is 134 Å². The van der Waals surface area contributed by atoms with Gasteiger partial charge in [-0.1, -0.05) is 32.9 Å². The molecule has 0 aliphatic rings. The molecule has 0 saturated heterocycles. The van der Waals surface area contributed by atoms with Crippen molar-refractivity contribution in [1.82, 2.24) is 0 Å². The Bertz CT molecular complexity index is 1300. The van der Waals surface area contributed by atoms with Gasteiger partial charge < -0.3 is 19.6 Å². The average molecular weight is 535 g/mol. The van der Waals surface area contributed by atoms with Crippen LogP contribution in [0.15, 0.2) is 48.5 Å². The number of amides is 1. The first kappa shape index (κ1) is 25.9. The second-order valence-corrected chi connectivity index (χ2v) is 9.83. The first-order valence-corrected chi connectivity index (χ1v) is 12.6. The van der Waals surface area contributed by atoms with Gasteiger partial charge in [0.25, 0.3) is 5.09 Å². The third-order valence-corrected chi connectivity index (χ3v) is 7.20. The van der Waals surface area contributed by atoms with E-state index in [-0.39, 0.29) is 42.2 Å². The highest BCUT2D eigenvalue weighted by Crippen LogP contribution is 2.31. The van der Waals surface area contributed by atoms with Crippen LogP contribution >= 0.6 is 32.9 Å². The number of rotatable bonds is 10. The van der Waals surface area contributed by atoms with E-state index >= 15 is 0 Å². The second-order valence-electron chi connectivity index (χ2n) is 6.92. The van der Waals surface area contributed by atoms with Crippen molar-refractivity contribution < 1.29 is 33.8 Å². The van der Waals surface area contributed by atoms with Gasteiger partial charge >= 0.3 is 11.9 Å². The van der Waals surface area contributed by atoms with Crippen LogP contribution in [0.25, 0.3) is 10.4 Å². The van der Waals surface area contributed by atoms with Gasteiger partial charge in [-0.15, -0.1) is 10.1 Å². The van der Waals surface area contributed by atoms with Crippen LogP contribution in [0.3, 0.4) is 0 Å². The smallest absolute Gasteiger partial charge is 0.347 e. The molecule has 1 N–H and O–H groups in total. The van der Waals surface area contributed by atoms with Crippen molar-refractivity contribution in [2.45, 2.75) is 19.8 Å². The highest BCUT2D eigenvalue weighted by atomic mass is 32.9. The van der Waals surface area contributed by atoms with Gasteiger partial charge in [0, 0.05) is 23.9 Å². The third kappa shape index (κ3) is 7.95. The molecule has 1 amide bonds. The van der Waals surface area contributed by atoms with E-state index in [0.29, 0.717) is 0 Å². The summed E-state index contributed by atoms with van der Waals surface area (Å²) >= 11 is 5.15. The van der Waals surface area contributed by atoms with Crippen LogP contribution in [0.1, 0.15) is 30.1 Å². The van der Waals surface area contributed by atoms with E-state index in [1.165, 1.54) is 35.5 Å². The lowest BCUT2D eigenvalue weighted by Gasteiger charge is -2.12. The van der Waals surface area contributed by atoms with Crippen molar-refractivity contribution in [3.05, 3.63) is 68.0 Å². The van der Waals surface area contributed by atoms with Crippen molar-refractivity contribution in [1.29, 1.82) is 0 Å². The van der Waals surface area contributed by atoms with Crippen LogP contribution < -0.4 is 14.8 Å². The van der Waals surface area contributed by atoms with Gasteiger partial charge in [-0.05, 0) is 60.5 Å². The summed E-state index contributed by atoms with van der Waals surface area (Å²) in [6.07, 6.45) is 0.0900. The number of carbonyl (C=O) groups excluding carboxylic acids is 3. The fraction of sp³-hybridized carbons (Fsp3) is 0.182. The lowest BCUT2D eigenvalue weighted by atomic mass is 10.1. The van der Waals surface area contributed by atoms with E-state index in [1.807, 2.05) is 6.07 Å². The Morgan fingerprint density at radius 2 is 1.80 bits per heavy atom. The van der Waals surface area contributed by atoms with E-state index < -0.39 is 22.9 Å². The SMILES string of the molecule is CC(=O)Oc1ccc(NC(=O)CCCO[N+](=O)[O-])cc1C(=O)Oc1ccc(-c2cc(=S)ss2)cc1. The maximum Gasteiger partial charge on any atom is 0.347 e. The minimum absolute atomic E-state index is 0.0328. The molecule has 3 rings (SSSR count). The molecule has 3 aromatic rings. The van der Waals surface area contributed by atoms with E-state index in [9.17, 15) is 24.5 Å². The Balaban J connectivity index is 1.72. The standard InChI is InChI=1S/C22H18N2O8S3/c1-13(25)31-18-9-6-15(23-20(26)3-2-10-30-24(28)29)11-17(18)22(27)32-16-7-4-14(5-8-16)19-12-21(33)35-34-19/h4-9,11-12H,2-3,10H2,1H3,(H,23,26). The van der Waals surface area contributed by atoms with Crippen LogP contribution in [-0.4, -0.2) is 29.5 Å². The van der Waals surface area contributed by atoms with Crippen LogP contribution in [0, 0.1) is 13.9 Å². The molecule has 0 bridgehead atoms. The van der Waals surface area contributed by atoms with Crippen molar-refractivity contribution >= 4 is 56.4 Å². The predicted octanol–water partition coefficient (Wildman–Crippen LogP) is 5.28. The lowest BCUT2D eigenvalue weighted by molar-refractivity contribution is -0.757. The largest absolute Gasteiger partial charge is 0.426 e. The number of hydrogen-bond acceptors (Lipinski definition) is 11. The Kier molecular flexibility index (Phi) is 9.00. The molecule has 0 unspecified atom stereocenters. The number of esters is 2. The number of anilines is 1. The Hall–Kier alpha value is -3.68. The molecule has 35 heavy (non-hydrogen) atoms. The molecule has 1 heterocycles. The van der Waals surface area contributed by atoms with Crippen molar-refractivity contribution in [2.75, 3.05) is 11.9 Å². The molecule has 2 aromatic carbocycles. The molecule has 0 atom stereocenters. The van der Waals surface area contributed by atoms with Crippen LogP contribution in [0.5, 0.6) is 11.5 Å². The molecule has 182 valence electrons. The van der Waals surface area contributed by atoms with Crippen molar-refractivity contribution in [2.24, 2.45) is 0 Å². The maximum atomic E-state index is 12.9. The quantitative estimate of drug-likeness (QED) is 0.0701. The highest BCUT2D eigenvalue weighted by Gasteiger charge is 2.18. The fourth-order valence-electron chi connectivity index (χ4n) is 2.83. The number of nitrogens with one attached hydrogen (secondary N) is 1. The summed E-state index contributed by atoms with van der Waals surface area (Å²) in [6, 6.07) is 12.9. The summed E-state index contributed by atoms with van der Waals surface area (Å²) in [7, 11) is 3.05. The number of ether oxygens (including phenoxy) is 2. The van der Waals surface area contributed by atoms with Crippen molar-refractivity contribution in [3.8, 4) is 21.9 Å². The monoisotopic (exact) mass is 534 g/mol. The first-order valence-electron chi connectivity index (χ1n) is 10.0. The number of carbonyl (C=O) groups is 3. The van der Waals surface area contributed by atoms with Crippen LogP contribution in [-0.2, 0) is 14.4 Å². The van der Waals surface area contributed by atoms with E-state index in [0.717, 1.165) is 14.3 Å². The molecule has 13 heteroatoms. The Labute approximate surface area is 211 Å². The highest BCUT2D eigenvalue weighted by molar-refractivity contribution is 7.80. The molecular weight excluding hydrogens is 516 g/mol. The molecular formula is C22H18N2O8S3. The van der Waals surface area contributed by atoms with Gasteiger partial charge in [-0.2, -0.15) is 0 Å². The van der Waals surface area contributed by atoms with Gasteiger partial charge in [0.1, 0.15) is 20.9 Å². The van der Waals surface area contributed by atoms with E-state index in [1.54, 1.807) is 34.6 Å². The Morgan fingerprint density at radius 3 is 2.43 bits per heavy atom. The maximum absolute atomic E-state index is 12.9. The van der Waals surface area contributed by atoms with E-state index in [4.69, 9.17) is 21.7 Å². The average Bonchev–Trinajstić information content (AvgIpc) is 3.24. The lowest BCUT2D eigenvalue weighted by Crippen LogP contribution is -2.16. The molecule has 0 fully saturated rings. The predicted molar refractivity (Wildman–Crippen MR) is 132 cm³/mol. The first-order chi connectivity index (χ1) is 16.7. The zero-order chi connectivity index (χ0) is 25.4. The van der Waals surface area contributed by atoms with Gasteiger partial charge in [-0.25, -0.2) is 4.79 Å². The molecule has 1 aromatic heterocycles. The van der Waals surface area contributed by atoms with Gasteiger partial charge in [0.05, 0.1) is 6.61 Å². The fourth-order valence-corrected chi connectivity index (χ4v) is 5.23. The third-order valence-electron chi connectivity index (χ3n) is 4.29. The molecule has 0 saturated carbocycles. The molecule has 0 radical (unpaired) electrons. The molecule has 10 nitrogen and oxygen atoms in total. The summed E-state index contributed by atoms with van der Waals surface area (Å²) in [5.74, 6) is -1.63. The minimum atomic E-state index is -0.934. The summed E-state index contributed by atoms with van der Waals surface area (Å²) < 4.78 is 11.3. The summed E-state index contributed by atoms with van der Waals surface area (Å²) in [5.41, 5.74) is 1.10. The zero-order valence-electron chi connectivity index (χ0n) is 18.2. The van der Waals surface area contributed by atoms with Crippen molar-refractivity contribution in [3.63, 3.8) is 0 Å². The number of hydrogen-bond donors (Lipinski definition) is 1.